The van der Waals surface area contributed by atoms with E-state index in [1.165, 1.54) is 30.1 Å². The van der Waals surface area contributed by atoms with Crippen molar-refractivity contribution in [1.29, 1.82) is 0 Å². The lowest BCUT2D eigenvalue weighted by Gasteiger charge is -2.25. The van der Waals surface area contributed by atoms with Gasteiger partial charge in [0.05, 0.1) is 5.69 Å². The Bertz CT molecular complexity index is 447. The Kier molecular flexibility index (Phi) is 4.29. The van der Waals surface area contributed by atoms with Crippen LogP contribution >= 0.6 is 11.3 Å². The van der Waals surface area contributed by atoms with E-state index in [4.69, 9.17) is 4.98 Å². The van der Waals surface area contributed by atoms with Crippen LogP contribution in [0.2, 0.25) is 0 Å². The summed E-state index contributed by atoms with van der Waals surface area (Å²) in [5.74, 6) is 0. The topological polar surface area (TPSA) is 31.4 Å². The molecule has 3 rings (SSSR count). The van der Waals surface area contributed by atoms with E-state index in [0.717, 1.165) is 31.7 Å². The highest BCUT2D eigenvalue weighted by Crippen LogP contribution is 2.32. The Balaban J connectivity index is 1.70. The quantitative estimate of drug-likeness (QED) is 0.924. The summed E-state index contributed by atoms with van der Waals surface area (Å²) >= 11 is 1.80. The van der Waals surface area contributed by atoms with Gasteiger partial charge < -0.3 is 10.2 Å². The van der Waals surface area contributed by atoms with Crippen LogP contribution in [0, 0.1) is 0 Å². The van der Waals surface area contributed by atoms with E-state index in [1.807, 2.05) is 0 Å². The van der Waals surface area contributed by atoms with Gasteiger partial charge >= 0.3 is 0 Å². The highest BCUT2D eigenvalue weighted by molar-refractivity contribution is 7.13. The van der Waals surface area contributed by atoms with Crippen LogP contribution in [-0.2, 0) is 0 Å². The predicted octanol–water partition coefficient (Wildman–Crippen LogP) is 2.49. The molecule has 3 atom stereocenters. The summed E-state index contributed by atoms with van der Waals surface area (Å²) < 4.78 is 0. The second-order valence-corrected chi connectivity index (χ2v) is 6.96. The van der Waals surface area contributed by atoms with E-state index in [1.54, 1.807) is 11.3 Å². The van der Waals surface area contributed by atoms with Crippen molar-refractivity contribution < 1.29 is 0 Å². The molecule has 1 N–H and O–H groups in total. The molecular weight excluding hydrogens is 268 g/mol. The molecule has 20 heavy (non-hydrogen) atoms. The monoisotopic (exact) mass is 294 g/mol. The third kappa shape index (κ3) is 2.71. The van der Waals surface area contributed by atoms with Gasteiger partial charge in [0.25, 0.3) is 0 Å². The van der Waals surface area contributed by atoms with Gasteiger partial charge in [0.15, 0.2) is 5.13 Å². The fourth-order valence-corrected chi connectivity index (χ4v) is 4.47. The number of fused-ring (bicyclic) bond motifs is 2. The molecule has 2 saturated heterocycles. The Morgan fingerprint density at radius 1 is 1.40 bits per heavy atom. The lowest BCUT2D eigenvalue weighted by molar-refractivity contribution is 0.254. The molecular formula is C15H26N4S. The number of thiazole rings is 1. The molecule has 4 nitrogen and oxygen atoms in total. The molecule has 5 heteroatoms. The summed E-state index contributed by atoms with van der Waals surface area (Å²) in [6, 6.07) is 1.88. The number of likely N-dealkylation sites (N-methyl/N-ethyl adjacent to an activating group) is 1. The highest BCUT2D eigenvalue weighted by Gasteiger charge is 2.35. The third-order valence-electron chi connectivity index (χ3n) is 4.88. The fourth-order valence-electron chi connectivity index (χ4n) is 3.51. The summed E-state index contributed by atoms with van der Waals surface area (Å²) in [5, 5.41) is 6.87. The van der Waals surface area contributed by atoms with Crippen LogP contribution in [0.15, 0.2) is 5.38 Å². The third-order valence-corrected chi connectivity index (χ3v) is 5.80. The maximum atomic E-state index is 4.87. The van der Waals surface area contributed by atoms with Crippen LogP contribution in [0.5, 0.6) is 0 Å². The Morgan fingerprint density at radius 2 is 2.20 bits per heavy atom. The van der Waals surface area contributed by atoms with Crippen molar-refractivity contribution in [3.63, 3.8) is 0 Å². The Labute approximate surface area is 126 Å². The fraction of sp³-hybridized carbons (Fsp3) is 0.800. The zero-order chi connectivity index (χ0) is 14.1. The largest absolute Gasteiger partial charge is 0.346 e. The first-order valence-corrected chi connectivity index (χ1v) is 8.72. The summed E-state index contributed by atoms with van der Waals surface area (Å²) in [6.07, 6.45) is 4.02. The summed E-state index contributed by atoms with van der Waals surface area (Å²) in [6.45, 7) is 7.64. The van der Waals surface area contributed by atoms with E-state index in [2.05, 4.69) is 41.4 Å². The number of hydrogen-bond donors (Lipinski definition) is 1. The van der Waals surface area contributed by atoms with E-state index in [9.17, 15) is 0 Å². The van der Waals surface area contributed by atoms with Gasteiger partial charge in [-0.2, -0.15) is 0 Å². The molecule has 0 aliphatic carbocycles. The van der Waals surface area contributed by atoms with E-state index in [-0.39, 0.29) is 0 Å². The molecule has 0 radical (unpaired) electrons. The van der Waals surface area contributed by atoms with Gasteiger partial charge in [0.1, 0.15) is 0 Å². The minimum atomic E-state index is 0.358. The number of anilines is 1. The zero-order valence-electron chi connectivity index (χ0n) is 12.8. The first kappa shape index (κ1) is 14.3. The molecule has 0 spiro atoms. The van der Waals surface area contributed by atoms with Crippen LogP contribution < -0.4 is 10.2 Å². The Hall–Kier alpha value is -0.650. The van der Waals surface area contributed by atoms with Crippen molar-refractivity contribution in [3.05, 3.63) is 11.1 Å². The SMILES string of the molecule is CCNC(C)c1csc(N2CCC3CCC(C2)N3C)n1. The molecule has 0 saturated carbocycles. The van der Waals surface area contributed by atoms with E-state index < -0.39 is 0 Å². The average molecular weight is 294 g/mol. The van der Waals surface area contributed by atoms with Crippen molar-refractivity contribution in [3.8, 4) is 0 Å². The molecule has 2 bridgehead atoms. The number of rotatable bonds is 4. The van der Waals surface area contributed by atoms with Gasteiger partial charge in [-0.15, -0.1) is 11.3 Å². The normalized spacial score (nSPS) is 28.6. The lowest BCUT2D eigenvalue weighted by atomic mass is 10.1. The number of aromatic nitrogens is 1. The number of nitrogens with zero attached hydrogens (tertiary/aromatic N) is 3. The summed E-state index contributed by atoms with van der Waals surface area (Å²) in [7, 11) is 2.30. The molecule has 2 aliphatic rings. The first-order valence-electron chi connectivity index (χ1n) is 7.84. The summed E-state index contributed by atoms with van der Waals surface area (Å²) in [5.41, 5.74) is 1.19. The maximum Gasteiger partial charge on any atom is 0.185 e. The molecule has 0 amide bonds. The molecule has 2 fully saturated rings. The standard InChI is InChI=1S/C15H26N4S/c1-4-16-11(2)14-10-20-15(17-14)19-8-7-12-5-6-13(9-19)18(12)3/h10-13,16H,4-9H2,1-3H3. The Morgan fingerprint density at radius 3 is 3.00 bits per heavy atom. The minimum absolute atomic E-state index is 0.358. The van der Waals surface area contributed by atoms with E-state index in [0.29, 0.717) is 6.04 Å². The second-order valence-electron chi connectivity index (χ2n) is 6.12. The smallest absolute Gasteiger partial charge is 0.185 e. The highest BCUT2D eigenvalue weighted by atomic mass is 32.1. The van der Waals surface area contributed by atoms with Crippen molar-refractivity contribution in [2.45, 2.75) is 51.2 Å². The average Bonchev–Trinajstić information content (AvgIpc) is 2.97. The van der Waals surface area contributed by atoms with E-state index >= 15 is 0 Å². The van der Waals surface area contributed by atoms with Gasteiger partial charge in [-0.25, -0.2) is 4.98 Å². The molecule has 3 unspecified atom stereocenters. The van der Waals surface area contributed by atoms with Crippen LogP contribution in [0.3, 0.4) is 0 Å². The molecule has 2 aliphatic heterocycles. The molecule has 3 heterocycles. The minimum Gasteiger partial charge on any atom is -0.346 e. The molecule has 112 valence electrons. The van der Waals surface area contributed by atoms with Crippen LogP contribution in [0.4, 0.5) is 5.13 Å². The zero-order valence-corrected chi connectivity index (χ0v) is 13.6. The maximum absolute atomic E-state index is 4.87. The molecule has 0 aromatic carbocycles. The van der Waals surface area contributed by atoms with Crippen molar-refractivity contribution >= 4 is 16.5 Å². The number of hydrogen-bond acceptors (Lipinski definition) is 5. The predicted molar refractivity (Wildman–Crippen MR) is 85.6 cm³/mol. The second kappa shape index (κ2) is 6.00. The molecule has 1 aromatic heterocycles. The van der Waals surface area contributed by atoms with Gasteiger partial charge in [0.2, 0.25) is 0 Å². The van der Waals surface area contributed by atoms with Gasteiger partial charge in [-0.1, -0.05) is 6.92 Å². The van der Waals surface area contributed by atoms with Crippen molar-refractivity contribution in [2.24, 2.45) is 0 Å². The van der Waals surface area contributed by atoms with Gasteiger partial charge in [0, 0.05) is 36.6 Å². The van der Waals surface area contributed by atoms with Crippen LogP contribution in [-0.4, -0.2) is 48.6 Å². The van der Waals surface area contributed by atoms with Crippen molar-refractivity contribution in [2.75, 3.05) is 31.6 Å². The molecule has 1 aromatic rings. The summed E-state index contributed by atoms with van der Waals surface area (Å²) in [4.78, 5) is 9.97. The van der Waals surface area contributed by atoms with Crippen LogP contribution in [0.1, 0.15) is 44.8 Å². The lowest BCUT2D eigenvalue weighted by Crippen LogP contribution is -2.36. The van der Waals surface area contributed by atoms with Gasteiger partial charge in [-0.3, -0.25) is 4.90 Å². The van der Waals surface area contributed by atoms with Gasteiger partial charge in [-0.05, 0) is 39.8 Å². The van der Waals surface area contributed by atoms with Crippen molar-refractivity contribution in [1.82, 2.24) is 15.2 Å². The number of nitrogens with one attached hydrogen (secondary N) is 1. The first-order chi connectivity index (χ1) is 9.69. The van der Waals surface area contributed by atoms with Crippen LogP contribution in [0.25, 0.3) is 0 Å².